The van der Waals surface area contributed by atoms with Crippen LogP contribution in [-0.4, -0.2) is 49.3 Å². The minimum atomic E-state index is -3.35. The van der Waals surface area contributed by atoms with Gasteiger partial charge in [-0.2, -0.15) is 4.31 Å². The number of piperazine rings is 1. The molecule has 1 heterocycles. The Bertz CT molecular complexity index is 572. The zero-order valence-electron chi connectivity index (χ0n) is 14.7. The molecule has 4 nitrogen and oxygen atoms in total. The molecule has 1 fully saturated rings. The molecule has 1 aromatic rings. The summed E-state index contributed by atoms with van der Waals surface area (Å²) in [5.41, 5.74) is 0.200. The summed E-state index contributed by atoms with van der Waals surface area (Å²) in [6, 6.07) is 8.77. The first-order valence-electron chi connectivity index (χ1n) is 8.74. The molecule has 1 aliphatic heterocycles. The first kappa shape index (κ1) is 18.4. The third-order valence-corrected chi connectivity index (χ3v) is 6.87. The molecular weight excluding hydrogens is 308 g/mol. The fraction of sp³-hybridized carbons (Fsp3) is 0.667. The molecular formula is C18H30N2O2S. The number of hydrogen-bond acceptors (Lipinski definition) is 3. The molecule has 1 aromatic carbocycles. The van der Waals surface area contributed by atoms with Crippen LogP contribution in [0.2, 0.25) is 0 Å². The summed E-state index contributed by atoms with van der Waals surface area (Å²) in [6.07, 6.45) is 4.68. The minimum Gasteiger partial charge on any atom is -0.295 e. The minimum absolute atomic E-state index is 0.200. The lowest BCUT2D eigenvalue weighted by molar-refractivity contribution is 0.0516. The van der Waals surface area contributed by atoms with Crippen molar-refractivity contribution in [2.45, 2.75) is 56.9 Å². The molecule has 0 saturated carbocycles. The summed E-state index contributed by atoms with van der Waals surface area (Å²) >= 11 is 0. The Morgan fingerprint density at radius 3 is 1.96 bits per heavy atom. The van der Waals surface area contributed by atoms with E-state index in [9.17, 15) is 8.42 Å². The quantitative estimate of drug-likeness (QED) is 0.765. The maximum absolute atomic E-state index is 12.7. The fourth-order valence-electron chi connectivity index (χ4n) is 3.73. The third-order valence-electron chi connectivity index (χ3n) is 4.96. The topological polar surface area (TPSA) is 40.6 Å². The van der Waals surface area contributed by atoms with Crippen molar-refractivity contribution >= 4 is 10.0 Å². The molecule has 0 atom stereocenters. The molecule has 130 valence electrons. The molecule has 0 aromatic heterocycles. The predicted octanol–water partition coefficient (Wildman–Crippen LogP) is 3.35. The Balaban J connectivity index is 2.06. The van der Waals surface area contributed by atoms with E-state index in [2.05, 4.69) is 25.7 Å². The zero-order valence-corrected chi connectivity index (χ0v) is 15.5. The first-order chi connectivity index (χ1) is 10.9. The second-order valence-corrected chi connectivity index (χ2v) is 8.64. The Morgan fingerprint density at radius 2 is 1.48 bits per heavy atom. The molecule has 1 aliphatic rings. The van der Waals surface area contributed by atoms with Gasteiger partial charge in [0, 0.05) is 31.7 Å². The van der Waals surface area contributed by atoms with Crippen LogP contribution in [0.1, 0.15) is 46.5 Å². The van der Waals surface area contributed by atoms with Crippen molar-refractivity contribution in [2.75, 3.05) is 26.2 Å². The largest absolute Gasteiger partial charge is 0.295 e. The smallest absolute Gasteiger partial charge is 0.243 e. The molecule has 23 heavy (non-hydrogen) atoms. The Morgan fingerprint density at radius 1 is 0.957 bits per heavy atom. The second-order valence-electron chi connectivity index (χ2n) is 6.70. The van der Waals surface area contributed by atoms with Gasteiger partial charge in [-0.15, -0.1) is 0 Å². The van der Waals surface area contributed by atoms with E-state index in [0.29, 0.717) is 18.0 Å². The summed E-state index contributed by atoms with van der Waals surface area (Å²) in [5, 5.41) is 0. The maximum Gasteiger partial charge on any atom is 0.243 e. The van der Waals surface area contributed by atoms with Crippen LogP contribution >= 0.6 is 0 Å². The number of benzene rings is 1. The second kappa shape index (κ2) is 7.77. The molecule has 0 amide bonds. The van der Waals surface area contributed by atoms with E-state index in [4.69, 9.17) is 0 Å². The van der Waals surface area contributed by atoms with E-state index < -0.39 is 10.0 Å². The highest BCUT2D eigenvalue weighted by molar-refractivity contribution is 7.89. The molecule has 0 aliphatic carbocycles. The molecule has 0 N–H and O–H groups in total. The van der Waals surface area contributed by atoms with Crippen LogP contribution in [0, 0.1) is 0 Å². The van der Waals surface area contributed by atoms with E-state index in [0.717, 1.165) is 13.1 Å². The van der Waals surface area contributed by atoms with Crippen molar-refractivity contribution in [1.82, 2.24) is 9.21 Å². The highest BCUT2D eigenvalue weighted by Crippen LogP contribution is 2.29. The van der Waals surface area contributed by atoms with Crippen LogP contribution in [0.3, 0.4) is 0 Å². The molecule has 5 heteroatoms. The monoisotopic (exact) mass is 338 g/mol. The van der Waals surface area contributed by atoms with Crippen molar-refractivity contribution in [3.05, 3.63) is 30.3 Å². The van der Waals surface area contributed by atoms with Crippen molar-refractivity contribution in [3.63, 3.8) is 0 Å². The molecule has 1 saturated heterocycles. The maximum atomic E-state index is 12.7. The van der Waals surface area contributed by atoms with Gasteiger partial charge in [0.15, 0.2) is 0 Å². The van der Waals surface area contributed by atoms with Crippen molar-refractivity contribution in [1.29, 1.82) is 0 Å². The van der Waals surface area contributed by atoms with Crippen molar-refractivity contribution in [2.24, 2.45) is 0 Å². The summed E-state index contributed by atoms with van der Waals surface area (Å²) in [6.45, 7) is 9.60. The number of nitrogens with zero attached hydrogens (tertiary/aromatic N) is 2. The van der Waals surface area contributed by atoms with Crippen LogP contribution in [0.25, 0.3) is 0 Å². The molecule has 0 bridgehead atoms. The van der Waals surface area contributed by atoms with Gasteiger partial charge in [-0.1, -0.05) is 44.9 Å². The van der Waals surface area contributed by atoms with Gasteiger partial charge in [0.2, 0.25) is 10.0 Å². The van der Waals surface area contributed by atoms with E-state index in [-0.39, 0.29) is 5.54 Å². The van der Waals surface area contributed by atoms with E-state index in [1.54, 1.807) is 28.6 Å². The summed E-state index contributed by atoms with van der Waals surface area (Å²) in [4.78, 5) is 2.90. The van der Waals surface area contributed by atoms with Crippen LogP contribution in [0.5, 0.6) is 0 Å². The van der Waals surface area contributed by atoms with Gasteiger partial charge in [0.1, 0.15) is 0 Å². The van der Waals surface area contributed by atoms with Gasteiger partial charge < -0.3 is 0 Å². The zero-order chi connectivity index (χ0) is 16.9. The van der Waals surface area contributed by atoms with Crippen LogP contribution in [0.15, 0.2) is 35.2 Å². The summed E-state index contributed by atoms with van der Waals surface area (Å²) in [5.74, 6) is 0. The summed E-state index contributed by atoms with van der Waals surface area (Å²) in [7, 11) is -3.35. The van der Waals surface area contributed by atoms with Gasteiger partial charge in [-0.25, -0.2) is 8.42 Å². The van der Waals surface area contributed by atoms with Gasteiger partial charge in [0.05, 0.1) is 4.90 Å². The van der Waals surface area contributed by atoms with Gasteiger partial charge >= 0.3 is 0 Å². The predicted molar refractivity (Wildman–Crippen MR) is 95.0 cm³/mol. The van der Waals surface area contributed by atoms with Crippen LogP contribution in [0.4, 0.5) is 0 Å². The Hall–Kier alpha value is -0.910. The Labute approximate surface area is 141 Å². The normalized spacial score (nSPS) is 18.2. The number of rotatable bonds is 7. The summed E-state index contributed by atoms with van der Waals surface area (Å²) < 4.78 is 27.0. The Kier molecular flexibility index (Phi) is 6.23. The lowest BCUT2D eigenvalue weighted by Gasteiger charge is -2.46. The van der Waals surface area contributed by atoms with Crippen molar-refractivity contribution < 1.29 is 8.42 Å². The van der Waals surface area contributed by atoms with Crippen molar-refractivity contribution in [3.8, 4) is 0 Å². The van der Waals surface area contributed by atoms with Gasteiger partial charge in [-0.3, -0.25) is 4.90 Å². The van der Waals surface area contributed by atoms with Crippen LogP contribution in [-0.2, 0) is 10.0 Å². The average Bonchev–Trinajstić information content (AvgIpc) is 2.56. The fourth-order valence-corrected chi connectivity index (χ4v) is 5.17. The average molecular weight is 339 g/mol. The molecule has 0 radical (unpaired) electrons. The molecule has 0 spiro atoms. The van der Waals surface area contributed by atoms with Crippen LogP contribution < -0.4 is 0 Å². The van der Waals surface area contributed by atoms with Gasteiger partial charge in [-0.05, 0) is 31.9 Å². The van der Waals surface area contributed by atoms with E-state index in [1.807, 2.05) is 6.07 Å². The van der Waals surface area contributed by atoms with E-state index in [1.165, 1.54) is 25.7 Å². The first-order valence-corrected chi connectivity index (χ1v) is 10.2. The highest BCUT2D eigenvalue weighted by Gasteiger charge is 2.35. The van der Waals surface area contributed by atoms with Gasteiger partial charge in [0.25, 0.3) is 0 Å². The lowest BCUT2D eigenvalue weighted by Crippen LogP contribution is -2.56. The number of hydrogen-bond donors (Lipinski definition) is 0. The molecule has 2 rings (SSSR count). The van der Waals surface area contributed by atoms with E-state index >= 15 is 0 Å². The third kappa shape index (κ3) is 4.14. The lowest BCUT2D eigenvalue weighted by atomic mass is 9.88. The highest BCUT2D eigenvalue weighted by atomic mass is 32.2. The molecule has 0 unspecified atom stereocenters. The standard InChI is InChI=1S/C18H30N2O2S/c1-4-11-18(3,12-5-2)19-13-15-20(16-14-19)23(21,22)17-9-7-6-8-10-17/h6-10H,4-5,11-16H2,1-3H3. The number of sulfonamides is 1. The SMILES string of the molecule is CCCC(C)(CCC)N1CCN(S(=O)(=O)c2ccccc2)CC1.